The molecule has 0 aliphatic heterocycles. The van der Waals surface area contributed by atoms with E-state index in [1.807, 2.05) is 60.7 Å². The van der Waals surface area contributed by atoms with E-state index in [1.54, 1.807) is 13.8 Å². The lowest BCUT2D eigenvalue weighted by Gasteiger charge is -2.20. The minimum Gasteiger partial charge on any atom is -0.465 e. The largest absolute Gasteiger partial charge is 0.465 e. The minimum absolute atomic E-state index is 0.263. The Labute approximate surface area is 171 Å². The number of nitrogens with one attached hydrogen (secondary N) is 2. The maximum Gasteiger partial charge on any atom is 0.325 e. The molecule has 0 aromatic heterocycles. The first-order valence-electron chi connectivity index (χ1n) is 9.72. The Bertz CT molecular complexity index is 676. The Morgan fingerprint density at radius 3 is 1.45 bits per heavy atom. The minimum atomic E-state index is -0.732. The van der Waals surface area contributed by atoms with Gasteiger partial charge in [0.25, 0.3) is 0 Å². The zero-order valence-corrected chi connectivity index (χ0v) is 16.8. The van der Waals surface area contributed by atoms with Gasteiger partial charge in [0.2, 0.25) is 0 Å². The first-order chi connectivity index (χ1) is 14.1. The van der Waals surface area contributed by atoms with Crippen molar-refractivity contribution >= 4 is 11.9 Å². The van der Waals surface area contributed by atoms with Crippen molar-refractivity contribution in [2.75, 3.05) is 13.2 Å². The van der Waals surface area contributed by atoms with Crippen molar-refractivity contribution in [2.24, 2.45) is 0 Å². The number of benzene rings is 2. The highest BCUT2D eigenvalue weighted by molar-refractivity contribution is 5.76. The highest BCUT2D eigenvalue weighted by atomic mass is 16.8. The van der Waals surface area contributed by atoms with Crippen LogP contribution in [0.3, 0.4) is 0 Å². The van der Waals surface area contributed by atoms with Crippen molar-refractivity contribution in [3.63, 3.8) is 0 Å². The summed E-state index contributed by atoms with van der Waals surface area (Å²) in [4.78, 5) is 29.9. The summed E-state index contributed by atoms with van der Waals surface area (Å²) in [6, 6.07) is 17.6. The van der Waals surface area contributed by atoms with Gasteiger partial charge < -0.3 is 9.47 Å². The van der Waals surface area contributed by atoms with Gasteiger partial charge in [-0.05, 0) is 25.0 Å². The van der Waals surface area contributed by atoms with Gasteiger partial charge >= 0.3 is 11.9 Å². The molecule has 29 heavy (non-hydrogen) atoms. The second kappa shape index (κ2) is 12.7. The summed E-state index contributed by atoms with van der Waals surface area (Å²) in [5, 5.41) is 0. The molecule has 0 radical (unpaired) electrons. The summed E-state index contributed by atoms with van der Waals surface area (Å²) in [6.07, 6.45) is 0.758. The molecule has 0 aliphatic rings. The van der Waals surface area contributed by atoms with E-state index in [1.165, 1.54) is 0 Å². The maximum absolute atomic E-state index is 12.3. The van der Waals surface area contributed by atoms with Crippen molar-refractivity contribution in [3.05, 3.63) is 71.8 Å². The average molecular weight is 400 g/mol. The number of esters is 2. The van der Waals surface area contributed by atoms with Crippen LogP contribution < -0.4 is 11.0 Å². The molecule has 0 aliphatic carbocycles. The Morgan fingerprint density at radius 1 is 0.724 bits per heavy atom. The fourth-order valence-electron chi connectivity index (χ4n) is 2.71. The number of hydrogen-bond acceptors (Lipinski definition) is 7. The van der Waals surface area contributed by atoms with E-state index in [4.69, 9.17) is 14.4 Å². The molecule has 7 heteroatoms. The zero-order chi connectivity index (χ0) is 20.9. The third kappa shape index (κ3) is 8.03. The number of carbonyl (C=O) groups excluding carboxylic acids is 2. The molecule has 2 rings (SSSR count). The molecule has 0 amide bonds. The summed E-state index contributed by atoms with van der Waals surface area (Å²) in [6.45, 7) is 4.01. The van der Waals surface area contributed by atoms with Crippen LogP contribution in [-0.2, 0) is 36.8 Å². The number of ether oxygens (including phenoxy) is 2. The molecule has 0 saturated carbocycles. The first-order valence-corrected chi connectivity index (χ1v) is 9.72. The second-order valence-corrected chi connectivity index (χ2v) is 6.33. The van der Waals surface area contributed by atoms with Crippen LogP contribution in [0.1, 0.15) is 25.0 Å². The molecule has 2 atom stereocenters. The van der Waals surface area contributed by atoms with E-state index in [9.17, 15) is 9.59 Å². The standard InChI is InChI=1S/C22H28N2O5/c1-3-27-21(25)19(15-17-11-7-5-8-12-17)23-29-24-20(22(26)28-4-2)16-18-13-9-6-10-14-18/h5-14,19-20,23-24H,3-4,15-16H2,1-2H3. The van der Waals surface area contributed by atoms with Crippen LogP contribution in [0.2, 0.25) is 0 Å². The number of hydroxylamine groups is 2. The van der Waals surface area contributed by atoms with Crippen LogP contribution in [0.5, 0.6) is 0 Å². The Morgan fingerprint density at radius 2 is 1.10 bits per heavy atom. The first kappa shape index (κ1) is 22.5. The van der Waals surface area contributed by atoms with Gasteiger partial charge in [-0.1, -0.05) is 60.7 Å². The fourth-order valence-corrected chi connectivity index (χ4v) is 2.71. The highest BCUT2D eigenvalue weighted by Crippen LogP contribution is 2.07. The number of carbonyl (C=O) groups is 2. The molecule has 2 aromatic rings. The van der Waals surface area contributed by atoms with E-state index < -0.39 is 24.0 Å². The van der Waals surface area contributed by atoms with Gasteiger partial charge in [-0.15, -0.1) is 0 Å². The molecule has 2 aromatic carbocycles. The van der Waals surface area contributed by atoms with Gasteiger partial charge in [-0.3, -0.25) is 9.59 Å². The van der Waals surface area contributed by atoms with E-state index in [0.29, 0.717) is 12.8 Å². The number of hydrogen-bond donors (Lipinski definition) is 2. The third-order valence-electron chi connectivity index (χ3n) is 4.11. The molecule has 0 heterocycles. The lowest BCUT2D eigenvalue weighted by Crippen LogP contribution is -2.48. The third-order valence-corrected chi connectivity index (χ3v) is 4.11. The molecular formula is C22H28N2O5. The molecule has 2 N–H and O–H groups in total. The van der Waals surface area contributed by atoms with Crippen LogP contribution in [-0.4, -0.2) is 37.2 Å². The molecule has 7 nitrogen and oxygen atoms in total. The lowest BCUT2D eigenvalue weighted by atomic mass is 10.1. The van der Waals surface area contributed by atoms with Gasteiger partial charge in [0.05, 0.1) is 13.2 Å². The topological polar surface area (TPSA) is 85.9 Å². The van der Waals surface area contributed by atoms with Gasteiger partial charge in [0, 0.05) is 12.8 Å². The molecule has 0 fully saturated rings. The van der Waals surface area contributed by atoms with Gasteiger partial charge in [0.15, 0.2) is 0 Å². The number of rotatable bonds is 12. The van der Waals surface area contributed by atoms with Crippen molar-refractivity contribution in [3.8, 4) is 0 Å². The monoisotopic (exact) mass is 400 g/mol. The van der Waals surface area contributed by atoms with Gasteiger partial charge in [-0.25, -0.2) is 4.94 Å². The van der Waals surface area contributed by atoms with Crippen LogP contribution in [0.15, 0.2) is 60.7 Å². The normalized spacial score (nSPS) is 12.8. The maximum atomic E-state index is 12.3. The summed E-state index contributed by atoms with van der Waals surface area (Å²) < 4.78 is 10.2. The average Bonchev–Trinajstić information content (AvgIpc) is 2.74. The fraction of sp³-hybridized carbons (Fsp3) is 0.364. The van der Waals surface area contributed by atoms with E-state index in [2.05, 4.69) is 11.0 Å². The SMILES string of the molecule is CCOC(=O)C(Cc1ccccc1)NONC(Cc1ccccc1)C(=O)OCC. The Balaban J connectivity index is 1.98. The van der Waals surface area contributed by atoms with Crippen LogP contribution in [0.25, 0.3) is 0 Å². The molecule has 0 saturated heterocycles. The molecule has 156 valence electrons. The van der Waals surface area contributed by atoms with Crippen molar-refractivity contribution in [1.82, 2.24) is 11.0 Å². The van der Waals surface area contributed by atoms with Crippen molar-refractivity contribution in [1.29, 1.82) is 0 Å². The summed E-state index contributed by atoms with van der Waals surface area (Å²) in [5.74, 6) is -0.872. The van der Waals surface area contributed by atoms with Crippen molar-refractivity contribution in [2.45, 2.75) is 38.8 Å². The van der Waals surface area contributed by atoms with Crippen LogP contribution >= 0.6 is 0 Å². The van der Waals surface area contributed by atoms with E-state index in [-0.39, 0.29) is 13.2 Å². The van der Waals surface area contributed by atoms with Gasteiger partial charge in [-0.2, -0.15) is 11.0 Å². The predicted octanol–water partition coefficient (Wildman–Crippen LogP) is 2.36. The predicted molar refractivity (Wildman–Crippen MR) is 108 cm³/mol. The van der Waals surface area contributed by atoms with Gasteiger partial charge in [0.1, 0.15) is 12.1 Å². The quantitative estimate of drug-likeness (QED) is 0.418. The zero-order valence-electron chi connectivity index (χ0n) is 16.8. The molecular weight excluding hydrogens is 372 g/mol. The summed E-state index contributed by atoms with van der Waals surface area (Å²) in [7, 11) is 0. The summed E-state index contributed by atoms with van der Waals surface area (Å²) in [5.41, 5.74) is 7.25. The van der Waals surface area contributed by atoms with Crippen LogP contribution in [0.4, 0.5) is 0 Å². The smallest absolute Gasteiger partial charge is 0.325 e. The Kier molecular flexibility index (Phi) is 9.85. The summed E-state index contributed by atoms with van der Waals surface area (Å²) >= 11 is 0. The highest BCUT2D eigenvalue weighted by Gasteiger charge is 2.24. The lowest BCUT2D eigenvalue weighted by molar-refractivity contribution is -0.161. The Hall–Kier alpha value is -2.74. The van der Waals surface area contributed by atoms with E-state index >= 15 is 0 Å². The van der Waals surface area contributed by atoms with Crippen molar-refractivity contribution < 1.29 is 24.0 Å². The molecule has 2 unspecified atom stereocenters. The van der Waals surface area contributed by atoms with E-state index in [0.717, 1.165) is 11.1 Å². The van der Waals surface area contributed by atoms with Crippen LogP contribution in [0, 0.1) is 0 Å². The molecule has 0 spiro atoms. The molecule has 0 bridgehead atoms. The second-order valence-electron chi connectivity index (χ2n) is 6.33.